The van der Waals surface area contributed by atoms with Crippen LogP contribution in [0.1, 0.15) is 33.8 Å². The molecule has 5 nitrogen and oxygen atoms in total. The largest absolute Gasteiger partial charge is 0.348 e. The number of hydrogen-bond acceptors (Lipinski definition) is 4. The van der Waals surface area contributed by atoms with Gasteiger partial charge in [0, 0.05) is 22.0 Å². The van der Waals surface area contributed by atoms with Gasteiger partial charge in [-0.15, -0.1) is 11.3 Å². The van der Waals surface area contributed by atoms with E-state index >= 15 is 0 Å². The van der Waals surface area contributed by atoms with E-state index in [4.69, 9.17) is 16.7 Å². The number of nitrogens with one attached hydrogen (secondary N) is 1. The second-order valence-electron chi connectivity index (χ2n) is 7.85. The summed E-state index contributed by atoms with van der Waals surface area (Å²) in [4.78, 5) is 16.9. The van der Waals surface area contributed by atoms with E-state index in [9.17, 15) is 4.79 Å². The van der Waals surface area contributed by atoms with Crippen molar-refractivity contribution in [1.29, 1.82) is 0 Å². The third kappa shape index (κ3) is 3.39. The lowest BCUT2D eigenvalue weighted by Gasteiger charge is -2.29. The molecule has 1 amide bonds. The molecule has 0 atom stereocenters. The van der Waals surface area contributed by atoms with Crippen LogP contribution in [0.5, 0.6) is 0 Å². The van der Waals surface area contributed by atoms with Gasteiger partial charge < -0.3 is 10.2 Å². The predicted octanol–water partition coefficient (Wildman–Crippen LogP) is 4.18. The van der Waals surface area contributed by atoms with E-state index in [-0.39, 0.29) is 11.9 Å². The number of carbonyl (C=O) groups excluding carboxylic acids is 1. The molecule has 2 aromatic heterocycles. The molecule has 0 saturated carbocycles. The van der Waals surface area contributed by atoms with E-state index in [2.05, 4.69) is 28.7 Å². The van der Waals surface area contributed by atoms with Crippen LogP contribution in [0, 0.1) is 0 Å². The van der Waals surface area contributed by atoms with Gasteiger partial charge in [0.15, 0.2) is 5.69 Å². The lowest BCUT2D eigenvalue weighted by molar-refractivity contribution is 0.0910. The number of hydrogen-bond donors (Lipinski definition) is 1. The summed E-state index contributed by atoms with van der Waals surface area (Å²) in [6, 6.07) is 10.0. The second-order valence-corrected chi connectivity index (χ2v) is 9.26. The van der Waals surface area contributed by atoms with Crippen LogP contribution in [0.25, 0.3) is 16.9 Å². The first-order valence-electron chi connectivity index (χ1n) is 10.0. The highest BCUT2D eigenvalue weighted by Crippen LogP contribution is 2.40. The monoisotopic (exact) mass is 426 g/mol. The number of thiophene rings is 1. The van der Waals surface area contributed by atoms with Gasteiger partial charge in [0.2, 0.25) is 0 Å². The summed E-state index contributed by atoms with van der Waals surface area (Å²) in [5.41, 5.74) is 4.55. The number of carbonyl (C=O) groups is 1. The zero-order chi connectivity index (χ0) is 20.0. The first-order valence-corrected chi connectivity index (χ1v) is 11.3. The number of benzene rings is 1. The van der Waals surface area contributed by atoms with Crippen molar-refractivity contribution in [1.82, 2.24) is 20.0 Å². The molecule has 0 radical (unpaired) electrons. The Morgan fingerprint density at radius 1 is 1.21 bits per heavy atom. The molecular formula is C22H23ClN4OS. The van der Waals surface area contributed by atoms with Crippen LogP contribution >= 0.6 is 22.9 Å². The summed E-state index contributed by atoms with van der Waals surface area (Å²) in [5, 5.41) is 10.8. The smallest absolute Gasteiger partial charge is 0.272 e. The van der Waals surface area contributed by atoms with Crippen LogP contribution in [0.4, 0.5) is 0 Å². The molecule has 1 aromatic carbocycles. The zero-order valence-electron chi connectivity index (χ0n) is 16.3. The van der Waals surface area contributed by atoms with Crippen molar-refractivity contribution >= 4 is 28.8 Å². The Kier molecular flexibility index (Phi) is 4.94. The lowest BCUT2D eigenvalue weighted by Crippen LogP contribution is -2.43. The molecule has 1 N–H and O–H groups in total. The van der Waals surface area contributed by atoms with E-state index in [0.29, 0.717) is 10.7 Å². The van der Waals surface area contributed by atoms with Crippen LogP contribution < -0.4 is 5.32 Å². The highest BCUT2D eigenvalue weighted by molar-refractivity contribution is 7.10. The van der Waals surface area contributed by atoms with Crippen LogP contribution in [0.2, 0.25) is 5.02 Å². The first-order chi connectivity index (χ1) is 14.1. The average Bonchev–Trinajstić information content (AvgIpc) is 3.34. The van der Waals surface area contributed by atoms with E-state index in [1.165, 1.54) is 10.4 Å². The first kappa shape index (κ1) is 18.9. The van der Waals surface area contributed by atoms with Crippen molar-refractivity contribution in [2.75, 3.05) is 20.1 Å². The predicted molar refractivity (Wildman–Crippen MR) is 117 cm³/mol. The Hall–Kier alpha value is -2.15. The molecule has 3 aromatic rings. The molecule has 1 aliphatic heterocycles. The quantitative estimate of drug-likeness (QED) is 0.683. The standard InChI is InChI=1S/C22H23ClN4OS/c1-26-11-8-14(9-12-26)24-22(28)20-16-6-7-19-15(10-13-29-19)21(16)27(25-20)18-5-3-2-4-17(18)23/h2-5,10,13-14H,6-9,11-12H2,1H3,(H,24,28). The number of likely N-dealkylation sites (tertiary alicyclic amines) is 1. The Labute approximate surface area is 179 Å². The van der Waals surface area contributed by atoms with E-state index in [1.807, 2.05) is 28.9 Å². The molecule has 1 aliphatic carbocycles. The van der Waals surface area contributed by atoms with Gasteiger partial charge in [-0.05, 0) is 69.4 Å². The van der Waals surface area contributed by atoms with Gasteiger partial charge in [0.1, 0.15) is 0 Å². The number of rotatable bonds is 3. The second kappa shape index (κ2) is 7.59. The van der Waals surface area contributed by atoms with E-state index in [1.54, 1.807) is 11.3 Å². The molecule has 0 bridgehead atoms. The summed E-state index contributed by atoms with van der Waals surface area (Å²) < 4.78 is 1.87. The number of nitrogens with zero attached hydrogens (tertiary/aromatic N) is 3. The van der Waals surface area contributed by atoms with Crippen molar-refractivity contribution in [3.05, 3.63) is 56.9 Å². The summed E-state index contributed by atoms with van der Waals surface area (Å²) >= 11 is 8.26. The summed E-state index contributed by atoms with van der Waals surface area (Å²) in [6.07, 6.45) is 3.72. The van der Waals surface area contributed by atoms with E-state index < -0.39 is 0 Å². The maximum atomic E-state index is 13.2. The SMILES string of the molecule is CN1CCC(NC(=O)c2nn(-c3ccccc3Cl)c3c2CCc2sccc2-3)CC1. The van der Waals surface area contributed by atoms with Gasteiger partial charge in [0.05, 0.1) is 16.4 Å². The third-order valence-corrected chi connectivity index (χ3v) is 7.24. The topological polar surface area (TPSA) is 50.2 Å². The normalized spacial score (nSPS) is 17.0. The lowest BCUT2D eigenvalue weighted by atomic mass is 9.94. The number of amides is 1. The van der Waals surface area contributed by atoms with Crippen molar-refractivity contribution in [2.45, 2.75) is 31.7 Å². The molecule has 150 valence electrons. The maximum absolute atomic E-state index is 13.2. The van der Waals surface area contributed by atoms with E-state index in [0.717, 1.165) is 55.7 Å². The molecule has 0 unspecified atom stereocenters. The average molecular weight is 427 g/mol. The van der Waals surface area contributed by atoms with Gasteiger partial charge in [-0.1, -0.05) is 23.7 Å². The van der Waals surface area contributed by atoms with Crippen LogP contribution in [-0.4, -0.2) is 46.8 Å². The summed E-state index contributed by atoms with van der Waals surface area (Å²) in [5.74, 6) is -0.0692. The molecule has 1 saturated heterocycles. The van der Waals surface area contributed by atoms with Gasteiger partial charge in [-0.25, -0.2) is 4.68 Å². The molecular weight excluding hydrogens is 404 g/mol. The van der Waals surface area contributed by atoms with Gasteiger partial charge in [-0.3, -0.25) is 4.79 Å². The highest BCUT2D eigenvalue weighted by atomic mass is 35.5. The number of piperidine rings is 1. The van der Waals surface area contributed by atoms with Crippen LogP contribution in [0.3, 0.4) is 0 Å². The molecule has 5 rings (SSSR count). The van der Waals surface area contributed by atoms with Gasteiger partial charge in [-0.2, -0.15) is 5.10 Å². The van der Waals surface area contributed by atoms with Crippen molar-refractivity contribution in [3.8, 4) is 16.9 Å². The maximum Gasteiger partial charge on any atom is 0.272 e. The van der Waals surface area contributed by atoms with Gasteiger partial charge >= 0.3 is 0 Å². The van der Waals surface area contributed by atoms with Gasteiger partial charge in [0.25, 0.3) is 5.91 Å². The van der Waals surface area contributed by atoms with Crippen molar-refractivity contribution in [3.63, 3.8) is 0 Å². The Bertz CT molecular complexity index is 1060. The molecule has 0 spiro atoms. The van der Waals surface area contributed by atoms with Crippen molar-refractivity contribution < 1.29 is 4.79 Å². The number of para-hydroxylation sites is 1. The van der Waals surface area contributed by atoms with Crippen molar-refractivity contribution in [2.24, 2.45) is 0 Å². The number of aromatic nitrogens is 2. The molecule has 3 heterocycles. The minimum absolute atomic E-state index is 0.0692. The molecule has 7 heteroatoms. The Morgan fingerprint density at radius 3 is 2.79 bits per heavy atom. The fraction of sp³-hybridized carbons (Fsp3) is 0.364. The highest BCUT2D eigenvalue weighted by Gasteiger charge is 2.31. The summed E-state index contributed by atoms with van der Waals surface area (Å²) in [7, 11) is 2.12. The third-order valence-electron chi connectivity index (χ3n) is 5.94. The summed E-state index contributed by atoms with van der Waals surface area (Å²) in [6.45, 7) is 2.02. The minimum atomic E-state index is -0.0692. The molecule has 29 heavy (non-hydrogen) atoms. The zero-order valence-corrected chi connectivity index (χ0v) is 17.9. The number of halogens is 1. The minimum Gasteiger partial charge on any atom is -0.348 e. The molecule has 1 fully saturated rings. The fourth-order valence-electron chi connectivity index (χ4n) is 4.33. The fourth-order valence-corrected chi connectivity index (χ4v) is 5.43. The Morgan fingerprint density at radius 2 is 2.00 bits per heavy atom. The Balaban J connectivity index is 1.56. The number of fused-ring (bicyclic) bond motifs is 3. The van der Waals surface area contributed by atoms with Crippen LogP contribution in [0.15, 0.2) is 35.7 Å². The number of aryl methyl sites for hydroxylation is 1. The molecule has 2 aliphatic rings. The van der Waals surface area contributed by atoms with Crippen LogP contribution in [-0.2, 0) is 12.8 Å².